The first-order valence-corrected chi connectivity index (χ1v) is 6.74. The highest BCUT2D eigenvalue weighted by Gasteiger charge is 2.06. The van der Waals surface area contributed by atoms with Crippen LogP contribution in [0, 0.1) is 5.82 Å². The average Bonchev–Trinajstić information content (AvgIpc) is 2.38. The fourth-order valence-corrected chi connectivity index (χ4v) is 2.39. The molecule has 0 aliphatic heterocycles. The van der Waals surface area contributed by atoms with E-state index in [0.717, 1.165) is 21.3 Å². The Balaban J connectivity index is 2.15. The molecule has 2 rings (SSSR count). The average molecular weight is 324 g/mol. The minimum absolute atomic E-state index is 0.00841. The zero-order valence-corrected chi connectivity index (χ0v) is 12.2. The van der Waals surface area contributed by atoms with E-state index in [9.17, 15) is 4.39 Å². The number of aliphatic hydroxyl groups is 1. The number of halogens is 2. The molecule has 0 unspecified atom stereocenters. The highest BCUT2D eigenvalue weighted by molar-refractivity contribution is 9.10. The third kappa shape index (κ3) is 3.55. The van der Waals surface area contributed by atoms with Gasteiger partial charge in [-0.2, -0.15) is 0 Å². The van der Waals surface area contributed by atoms with Crippen LogP contribution >= 0.6 is 15.9 Å². The van der Waals surface area contributed by atoms with E-state index in [2.05, 4.69) is 15.9 Å². The predicted octanol–water partition coefficient (Wildman–Crippen LogP) is 3.72. The second-order valence-corrected chi connectivity index (χ2v) is 5.27. The first-order valence-electron chi connectivity index (χ1n) is 5.95. The molecule has 0 aliphatic carbocycles. The molecule has 0 amide bonds. The number of hydrogen-bond donors (Lipinski definition) is 1. The van der Waals surface area contributed by atoms with Gasteiger partial charge in [0.25, 0.3) is 0 Å². The van der Waals surface area contributed by atoms with E-state index in [1.807, 2.05) is 36.2 Å². The van der Waals surface area contributed by atoms with Gasteiger partial charge in [0.1, 0.15) is 5.82 Å². The largest absolute Gasteiger partial charge is 0.392 e. The Kier molecular flexibility index (Phi) is 4.56. The molecule has 0 saturated heterocycles. The predicted molar refractivity (Wildman–Crippen MR) is 78.6 cm³/mol. The van der Waals surface area contributed by atoms with Gasteiger partial charge in [0.15, 0.2) is 0 Å². The highest BCUT2D eigenvalue weighted by atomic mass is 79.9. The molecule has 2 nitrogen and oxygen atoms in total. The minimum Gasteiger partial charge on any atom is -0.392 e. The van der Waals surface area contributed by atoms with Crippen molar-refractivity contribution >= 4 is 21.6 Å². The lowest BCUT2D eigenvalue weighted by atomic mass is 10.1. The first-order chi connectivity index (χ1) is 9.10. The fraction of sp³-hybridized carbons (Fsp3) is 0.200. The standard InChI is InChI=1S/C15H15BrFNO/c1-18(9-11-3-2-4-13(17)7-11)14-6-5-12(10-19)15(16)8-14/h2-8,19H,9-10H2,1H3. The summed E-state index contributed by atoms with van der Waals surface area (Å²) in [5, 5.41) is 9.13. The summed E-state index contributed by atoms with van der Waals surface area (Å²) in [6.07, 6.45) is 0. The molecule has 0 fully saturated rings. The molecule has 2 aromatic carbocycles. The summed E-state index contributed by atoms with van der Waals surface area (Å²) < 4.78 is 14.0. The van der Waals surface area contributed by atoms with Crippen LogP contribution in [-0.4, -0.2) is 12.2 Å². The van der Waals surface area contributed by atoms with E-state index in [-0.39, 0.29) is 12.4 Å². The summed E-state index contributed by atoms with van der Waals surface area (Å²) in [4.78, 5) is 2.03. The number of nitrogens with zero attached hydrogens (tertiary/aromatic N) is 1. The van der Waals surface area contributed by atoms with Crippen LogP contribution in [-0.2, 0) is 13.2 Å². The van der Waals surface area contributed by atoms with E-state index in [4.69, 9.17) is 5.11 Å². The van der Waals surface area contributed by atoms with Crippen molar-refractivity contribution in [3.63, 3.8) is 0 Å². The molecule has 0 radical (unpaired) electrons. The summed E-state index contributed by atoms with van der Waals surface area (Å²) in [6, 6.07) is 12.4. The lowest BCUT2D eigenvalue weighted by molar-refractivity contribution is 0.281. The maximum atomic E-state index is 13.1. The molecule has 0 aliphatic rings. The molecular weight excluding hydrogens is 309 g/mol. The Morgan fingerprint density at radius 1 is 1.21 bits per heavy atom. The summed E-state index contributed by atoms with van der Waals surface area (Å²) in [6.45, 7) is 0.636. The highest BCUT2D eigenvalue weighted by Crippen LogP contribution is 2.24. The Labute approximate surface area is 120 Å². The van der Waals surface area contributed by atoms with E-state index in [1.54, 1.807) is 6.07 Å². The lowest BCUT2D eigenvalue weighted by Crippen LogP contribution is -2.16. The number of rotatable bonds is 4. The topological polar surface area (TPSA) is 23.5 Å². The van der Waals surface area contributed by atoms with Crippen LogP contribution < -0.4 is 4.90 Å². The van der Waals surface area contributed by atoms with Crippen LogP contribution in [0.3, 0.4) is 0 Å². The molecule has 0 spiro atoms. The number of benzene rings is 2. The number of hydrogen-bond acceptors (Lipinski definition) is 2. The summed E-state index contributed by atoms with van der Waals surface area (Å²) in [5.41, 5.74) is 2.78. The molecule has 19 heavy (non-hydrogen) atoms. The minimum atomic E-state index is -0.220. The van der Waals surface area contributed by atoms with E-state index < -0.39 is 0 Å². The summed E-state index contributed by atoms with van der Waals surface area (Å²) in [5.74, 6) is -0.220. The molecule has 0 saturated carbocycles. The van der Waals surface area contributed by atoms with Crippen molar-refractivity contribution in [2.24, 2.45) is 0 Å². The number of aliphatic hydroxyl groups excluding tert-OH is 1. The molecule has 4 heteroatoms. The molecule has 2 aromatic rings. The molecular formula is C15H15BrFNO. The van der Waals surface area contributed by atoms with E-state index >= 15 is 0 Å². The van der Waals surface area contributed by atoms with Crippen LogP contribution in [0.1, 0.15) is 11.1 Å². The smallest absolute Gasteiger partial charge is 0.123 e. The summed E-state index contributed by atoms with van der Waals surface area (Å²) in [7, 11) is 1.95. The van der Waals surface area contributed by atoms with E-state index in [1.165, 1.54) is 12.1 Å². The third-order valence-corrected chi connectivity index (χ3v) is 3.69. The molecule has 0 atom stereocenters. The Hall–Kier alpha value is -1.39. The quantitative estimate of drug-likeness (QED) is 0.927. The molecule has 0 aromatic heterocycles. The summed E-state index contributed by atoms with van der Waals surface area (Å²) >= 11 is 3.43. The Morgan fingerprint density at radius 2 is 2.00 bits per heavy atom. The second-order valence-electron chi connectivity index (χ2n) is 4.42. The van der Waals surface area contributed by atoms with Gasteiger partial charge in [-0.05, 0) is 35.4 Å². The van der Waals surface area contributed by atoms with Gasteiger partial charge in [-0.25, -0.2) is 4.39 Å². The van der Waals surface area contributed by atoms with Gasteiger partial charge in [0.2, 0.25) is 0 Å². The van der Waals surface area contributed by atoms with Crippen LogP contribution in [0.5, 0.6) is 0 Å². The van der Waals surface area contributed by atoms with Crippen LogP contribution in [0.25, 0.3) is 0 Å². The van der Waals surface area contributed by atoms with Crippen LogP contribution in [0.2, 0.25) is 0 Å². The molecule has 1 N–H and O–H groups in total. The van der Waals surface area contributed by atoms with Crippen molar-refractivity contribution < 1.29 is 9.50 Å². The zero-order chi connectivity index (χ0) is 13.8. The van der Waals surface area contributed by atoms with Gasteiger partial charge >= 0.3 is 0 Å². The van der Waals surface area contributed by atoms with Crippen molar-refractivity contribution in [1.82, 2.24) is 0 Å². The van der Waals surface area contributed by atoms with Gasteiger partial charge in [-0.1, -0.05) is 34.1 Å². The van der Waals surface area contributed by atoms with Gasteiger partial charge in [-0.15, -0.1) is 0 Å². The Morgan fingerprint density at radius 3 is 2.63 bits per heavy atom. The van der Waals surface area contributed by atoms with Gasteiger partial charge in [-0.3, -0.25) is 0 Å². The van der Waals surface area contributed by atoms with Crippen LogP contribution in [0.15, 0.2) is 46.9 Å². The van der Waals surface area contributed by atoms with Crippen molar-refractivity contribution in [3.8, 4) is 0 Å². The van der Waals surface area contributed by atoms with Gasteiger partial charge < -0.3 is 10.0 Å². The SMILES string of the molecule is CN(Cc1cccc(F)c1)c1ccc(CO)c(Br)c1. The first kappa shape index (κ1) is 14.0. The van der Waals surface area contributed by atoms with Crippen molar-refractivity contribution in [2.45, 2.75) is 13.2 Å². The van der Waals surface area contributed by atoms with Crippen LogP contribution in [0.4, 0.5) is 10.1 Å². The molecule has 0 bridgehead atoms. The molecule has 0 heterocycles. The van der Waals surface area contributed by atoms with Crippen molar-refractivity contribution in [1.29, 1.82) is 0 Å². The Bertz CT molecular complexity index is 574. The number of anilines is 1. The van der Waals surface area contributed by atoms with E-state index in [0.29, 0.717) is 6.54 Å². The van der Waals surface area contributed by atoms with Gasteiger partial charge in [0, 0.05) is 23.8 Å². The van der Waals surface area contributed by atoms with Gasteiger partial charge in [0.05, 0.1) is 6.61 Å². The maximum Gasteiger partial charge on any atom is 0.123 e. The lowest BCUT2D eigenvalue weighted by Gasteiger charge is -2.20. The fourth-order valence-electron chi connectivity index (χ4n) is 1.90. The van der Waals surface area contributed by atoms with Crippen molar-refractivity contribution in [2.75, 3.05) is 11.9 Å². The molecule has 100 valence electrons. The zero-order valence-electron chi connectivity index (χ0n) is 10.6. The maximum absolute atomic E-state index is 13.1. The monoisotopic (exact) mass is 323 g/mol. The second kappa shape index (κ2) is 6.17. The normalized spacial score (nSPS) is 10.5. The third-order valence-electron chi connectivity index (χ3n) is 2.96. The van der Waals surface area contributed by atoms with Crippen molar-refractivity contribution in [3.05, 3.63) is 63.9 Å².